The van der Waals surface area contributed by atoms with Gasteiger partial charge in [0, 0.05) is 24.6 Å². The van der Waals surface area contributed by atoms with Crippen molar-refractivity contribution in [2.45, 2.75) is 38.2 Å². The van der Waals surface area contributed by atoms with Crippen molar-refractivity contribution >= 4 is 68.7 Å². The Bertz CT molecular complexity index is 844. The summed E-state index contributed by atoms with van der Waals surface area (Å²) >= 11 is 14.2. The number of hydrogen-bond donors (Lipinski definition) is 0. The second kappa shape index (κ2) is 18.3. The number of nitrogens with zero attached hydrogens (tertiary/aromatic N) is 2. The summed E-state index contributed by atoms with van der Waals surface area (Å²) in [6, 6.07) is 20.0. The van der Waals surface area contributed by atoms with Crippen LogP contribution in [0.2, 0.25) is 0 Å². The van der Waals surface area contributed by atoms with Crippen LogP contribution in [0.3, 0.4) is 0 Å². The summed E-state index contributed by atoms with van der Waals surface area (Å²) in [4.78, 5) is 10.1. The third-order valence-corrected chi connectivity index (χ3v) is 6.51. The zero-order valence-corrected chi connectivity index (χ0v) is 24.2. The molecule has 0 saturated carbocycles. The minimum Gasteiger partial charge on any atom is -0.779 e. The van der Waals surface area contributed by atoms with E-state index in [0.717, 1.165) is 31.0 Å². The average molecular weight is 560 g/mol. The van der Waals surface area contributed by atoms with Crippen molar-refractivity contribution in [3.05, 3.63) is 83.9 Å². The molecule has 0 radical (unpaired) electrons. The molecule has 0 spiro atoms. The molecular formula is C26H32N2NiS4. The first-order valence-electron chi connectivity index (χ1n) is 10.4. The Hall–Kier alpha value is -1.11. The summed E-state index contributed by atoms with van der Waals surface area (Å²) in [5, 5.41) is 3.02. The van der Waals surface area contributed by atoms with Crippen LogP contribution in [0.5, 0.6) is 0 Å². The third-order valence-electron chi connectivity index (χ3n) is 3.78. The number of rotatable bonds is 6. The molecule has 0 aromatic heterocycles. The molecule has 0 unspecified atom stereocenters. The molecule has 0 N–H and O–H groups in total. The van der Waals surface area contributed by atoms with Crippen molar-refractivity contribution in [2.75, 3.05) is 14.1 Å². The van der Waals surface area contributed by atoms with Crippen LogP contribution in [0.1, 0.15) is 38.8 Å². The van der Waals surface area contributed by atoms with Gasteiger partial charge < -0.3 is 25.3 Å². The molecule has 0 aliphatic rings. The molecule has 2 nitrogen and oxygen atoms in total. The smallest absolute Gasteiger partial charge is 0.779 e. The molecule has 2 rings (SSSR count). The number of aliphatic imine (C=N–C) groups is 2. The molecule has 0 amide bonds. The molecule has 0 aliphatic heterocycles. The Labute approximate surface area is 230 Å². The molecule has 0 atom stereocenters. The van der Waals surface area contributed by atoms with Crippen LogP contribution in [0, 0.1) is 0 Å². The zero-order valence-electron chi connectivity index (χ0n) is 19.9. The Morgan fingerprint density at radius 1 is 0.667 bits per heavy atom. The van der Waals surface area contributed by atoms with Crippen LogP contribution >= 0.6 is 23.5 Å². The molecule has 2 aromatic carbocycles. The van der Waals surface area contributed by atoms with Crippen molar-refractivity contribution in [1.82, 2.24) is 0 Å². The van der Waals surface area contributed by atoms with Crippen molar-refractivity contribution in [3.8, 4) is 0 Å². The second-order valence-corrected chi connectivity index (χ2v) is 11.3. The van der Waals surface area contributed by atoms with Gasteiger partial charge in [-0.3, -0.25) is 9.98 Å². The Balaban J connectivity index is 0.000000602. The Kier molecular flexibility index (Phi) is 17.6. The van der Waals surface area contributed by atoms with Crippen molar-refractivity contribution < 1.29 is 16.5 Å². The van der Waals surface area contributed by atoms with Crippen LogP contribution in [0.15, 0.2) is 82.8 Å². The molecule has 0 bridgehead atoms. The Morgan fingerprint density at radius 3 is 1.21 bits per heavy atom. The van der Waals surface area contributed by atoms with Crippen LogP contribution in [-0.2, 0) is 41.7 Å². The summed E-state index contributed by atoms with van der Waals surface area (Å²) in [6.07, 6.45) is 3.94. The maximum Gasteiger partial charge on any atom is 2.00 e. The van der Waals surface area contributed by atoms with Gasteiger partial charge in [-0.05, 0) is 23.3 Å². The van der Waals surface area contributed by atoms with Crippen LogP contribution in [0.25, 0.3) is 9.81 Å². The number of benzene rings is 2. The fraction of sp³-hybridized carbons (Fsp3) is 0.308. The van der Waals surface area contributed by atoms with Crippen molar-refractivity contribution in [3.63, 3.8) is 0 Å². The van der Waals surface area contributed by atoms with E-state index >= 15 is 0 Å². The normalized spacial score (nSPS) is 12.8. The van der Waals surface area contributed by atoms with E-state index in [4.69, 9.17) is 25.3 Å². The minimum atomic E-state index is 0. The zero-order chi connectivity index (χ0) is 23.9. The van der Waals surface area contributed by atoms with Gasteiger partial charge >= 0.3 is 16.5 Å². The molecule has 0 aliphatic carbocycles. The minimum absolute atomic E-state index is 0. The van der Waals surface area contributed by atoms with Gasteiger partial charge in [-0.1, -0.05) is 88.4 Å². The fourth-order valence-electron chi connectivity index (χ4n) is 2.38. The van der Waals surface area contributed by atoms with E-state index in [-0.39, 0.29) is 16.5 Å². The second-order valence-electron chi connectivity index (χ2n) is 7.21. The fourth-order valence-corrected chi connectivity index (χ4v) is 4.57. The van der Waals surface area contributed by atoms with E-state index in [1.807, 2.05) is 72.8 Å². The standard InChI is InChI=1S/2C13H17NS2.Ni/c2*1-10(2)16-13(14-3)9-12(15)11-7-5-4-6-8-11;/h2*4-10,15H,1-3H3;/q;;+2/p-2/b2*12-9-,14-13?;. The molecule has 0 saturated heterocycles. The average Bonchev–Trinajstić information content (AvgIpc) is 2.79. The van der Waals surface area contributed by atoms with Gasteiger partial charge in [0.1, 0.15) is 0 Å². The summed E-state index contributed by atoms with van der Waals surface area (Å²) in [6.45, 7) is 8.59. The van der Waals surface area contributed by atoms with E-state index in [1.165, 1.54) is 0 Å². The molecule has 180 valence electrons. The SMILES string of the molecule is CN=C(/C=C(\[S-])c1ccccc1)SC(C)C.CN=C(/C=C(\[S-])c1ccccc1)SC(C)C.[Ni+2]. The first kappa shape index (κ1) is 31.9. The van der Waals surface area contributed by atoms with Gasteiger partial charge in [0.2, 0.25) is 0 Å². The summed E-state index contributed by atoms with van der Waals surface area (Å²) in [5.74, 6) is 0. The van der Waals surface area contributed by atoms with Gasteiger partial charge in [-0.2, -0.15) is 9.81 Å². The maximum absolute atomic E-state index is 5.37. The van der Waals surface area contributed by atoms with Gasteiger partial charge in [0.15, 0.2) is 0 Å². The third kappa shape index (κ3) is 14.0. The van der Waals surface area contributed by atoms with Gasteiger partial charge in [-0.15, -0.1) is 23.5 Å². The van der Waals surface area contributed by atoms with E-state index in [0.29, 0.717) is 10.5 Å². The van der Waals surface area contributed by atoms with Crippen molar-refractivity contribution in [2.24, 2.45) is 9.98 Å². The summed E-state index contributed by atoms with van der Waals surface area (Å²) < 4.78 is 0. The molecule has 33 heavy (non-hydrogen) atoms. The first-order valence-corrected chi connectivity index (χ1v) is 13.0. The molecular weight excluding hydrogens is 527 g/mol. The largest absolute Gasteiger partial charge is 2.00 e. The predicted molar refractivity (Wildman–Crippen MR) is 156 cm³/mol. The topological polar surface area (TPSA) is 24.7 Å². The number of thioether (sulfide) groups is 2. The maximum atomic E-state index is 5.37. The van der Waals surface area contributed by atoms with Gasteiger partial charge in [-0.25, -0.2) is 0 Å². The summed E-state index contributed by atoms with van der Waals surface area (Å²) in [7, 11) is 3.60. The first-order chi connectivity index (χ1) is 15.3. The van der Waals surface area contributed by atoms with Crippen molar-refractivity contribution in [1.29, 1.82) is 0 Å². The molecule has 7 heteroatoms. The van der Waals surface area contributed by atoms with Gasteiger partial charge in [0.25, 0.3) is 0 Å². The van der Waals surface area contributed by atoms with E-state index in [1.54, 1.807) is 37.6 Å². The van der Waals surface area contributed by atoms with E-state index in [9.17, 15) is 0 Å². The summed E-state index contributed by atoms with van der Waals surface area (Å²) in [5.41, 5.74) is 2.14. The van der Waals surface area contributed by atoms with Crippen LogP contribution in [0.4, 0.5) is 0 Å². The molecule has 0 fully saturated rings. The molecule has 2 aromatic rings. The monoisotopic (exact) mass is 558 g/mol. The quantitative estimate of drug-likeness (QED) is 0.159. The predicted octanol–water partition coefficient (Wildman–Crippen LogP) is 7.49. The van der Waals surface area contributed by atoms with E-state index in [2.05, 4.69) is 37.7 Å². The van der Waals surface area contributed by atoms with E-state index < -0.39 is 0 Å². The number of hydrogen-bond acceptors (Lipinski definition) is 6. The van der Waals surface area contributed by atoms with Crippen LogP contribution < -0.4 is 0 Å². The Morgan fingerprint density at radius 2 is 0.970 bits per heavy atom. The molecule has 0 heterocycles. The van der Waals surface area contributed by atoms with Gasteiger partial charge in [0.05, 0.1) is 10.1 Å². The van der Waals surface area contributed by atoms with Crippen LogP contribution in [-0.4, -0.2) is 34.7 Å².